The van der Waals surface area contributed by atoms with E-state index >= 15 is 0 Å². The first-order valence-electron chi connectivity index (χ1n) is 9.31. The second-order valence-electron chi connectivity index (χ2n) is 7.26. The first kappa shape index (κ1) is 24.9. The van der Waals surface area contributed by atoms with Gasteiger partial charge >= 0.3 is 12.3 Å². The Morgan fingerprint density at radius 2 is 1.36 bits per heavy atom. The number of hydrogen-bond donors (Lipinski definition) is 0. The zero-order valence-corrected chi connectivity index (χ0v) is 16.7. The number of alkyl halides is 5. The predicted octanol–water partition coefficient (Wildman–Crippen LogP) is 6.63. The lowest BCUT2D eigenvalue weighted by atomic mass is 10.1. The van der Waals surface area contributed by atoms with Crippen LogP contribution in [0.1, 0.15) is 29.9 Å². The monoisotopic (exact) mass is 486 g/mol. The molecule has 2 aromatic carbocycles. The molecule has 1 heterocycles. The maximum absolute atomic E-state index is 14.5. The average Bonchev–Trinajstić information content (AvgIpc) is 2.65. The van der Waals surface area contributed by atoms with E-state index in [1.54, 1.807) is 6.92 Å². The molecule has 1 fully saturated rings. The Balaban J connectivity index is 1.86. The molecule has 1 aliphatic rings. The highest BCUT2D eigenvalue weighted by molar-refractivity contribution is 5.53. The molecule has 0 radical (unpaired) electrons. The van der Waals surface area contributed by atoms with Gasteiger partial charge in [0.15, 0.2) is 6.29 Å². The van der Waals surface area contributed by atoms with Crippen molar-refractivity contribution in [2.75, 3.05) is 13.2 Å². The molecule has 180 valence electrons. The molecule has 1 aliphatic heterocycles. The van der Waals surface area contributed by atoms with Crippen LogP contribution in [0.15, 0.2) is 30.3 Å². The number of allylic oxidation sites excluding steroid dienone is 1. The zero-order valence-electron chi connectivity index (χ0n) is 16.7. The van der Waals surface area contributed by atoms with Gasteiger partial charge in [-0.1, -0.05) is 6.92 Å². The van der Waals surface area contributed by atoms with E-state index in [0.29, 0.717) is 12.1 Å². The van der Waals surface area contributed by atoms with Gasteiger partial charge in [0.1, 0.15) is 34.6 Å². The van der Waals surface area contributed by atoms with Crippen molar-refractivity contribution in [3.63, 3.8) is 0 Å². The molecule has 0 bridgehead atoms. The van der Waals surface area contributed by atoms with Crippen LogP contribution >= 0.6 is 0 Å². The maximum Gasteiger partial charge on any atom is 0.432 e. The first-order valence-corrected chi connectivity index (χ1v) is 9.31. The van der Waals surface area contributed by atoms with Crippen molar-refractivity contribution < 1.29 is 53.7 Å². The smallest absolute Gasteiger partial charge is 0.429 e. The molecule has 3 rings (SSSR count). The van der Waals surface area contributed by atoms with Crippen molar-refractivity contribution in [2.45, 2.75) is 25.5 Å². The summed E-state index contributed by atoms with van der Waals surface area (Å²) in [5.74, 6) is -8.02. The molecule has 0 aliphatic carbocycles. The van der Waals surface area contributed by atoms with Crippen molar-refractivity contribution >= 4 is 6.08 Å². The van der Waals surface area contributed by atoms with E-state index < -0.39 is 64.8 Å². The Kier molecular flexibility index (Phi) is 6.99. The molecular formula is C21H15F9O3. The standard InChI is InChI=1S/C21H15F9O3/c1-10-8-31-19(32-9-10)11-4-16(24)18(17(25)5-11)21(29,30)33-12-6-14(22)13(15(23)7-12)2-3-20(26,27)28/h2-7,10,19H,8-9H2,1H3/b3-2+. The van der Waals surface area contributed by atoms with Gasteiger partial charge in [0, 0.05) is 35.3 Å². The highest BCUT2D eigenvalue weighted by Crippen LogP contribution is 2.38. The normalized spacial score (nSPS) is 19.8. The van der Waals surface area contributed by atoms with Crippen LogP contribution in [-0.4, -0.2) is 19.4 Å². The second kappa shape index (κ2) is 9.26. The van der Waals surface area contributed by atoms with E-state index in [-0.39, 0.29) is 42.9 Å². The maximum atomic E-state index is 14.5. The van der Waals surface area contributed by atoms with Gasteiger partial charge in [-0.05, 0) is 18.2 Å². The third-order valence-corrected chi connectivity index (χ3v) is 4.43. The van der Waals surface area contributed by atoms with Crippen LogP contribution in [0, 0.1) is 29.2 Å². The fourth-order valence-corrected chi connectivity index (χ4v) is 2.95. The van der Waals surface area contributed by atoms with Gasteiger partial charge in [0.05, 0.1) is 13.2 Å². The molecule has 1 saturated heterocycles. The SMILES string of the molecule is CC1COC(c2cc(F)c(C(F)(F)Oc3cc(F)c(/C=C/C(F)(F)F)c(F)c3)c(F)c2)OC1. The van der Waals surface area contributed by atoms with Gasteiger partial charge in [-0.2, -0.15) is 22.0 Å². The minimum absolute atomic E-state index is 0.0177. The summed E-state index contributed by atoms with van der Waals surface area (Å²) in [6, 6.07) is 1.40. The third kappa shape index (κ3) is 5.99. The molecule has 0 aromatic heterocycles. The summed E-state index contributed by atoms with van der Waals surface area (Å²) in [6.45, 7) is 2.21. The number of benzene rings is 2. The van der Waals surface area contributed by atoms with Crippen LogP contribution < -0.4 is 4.74 Å². The first-order chi connectivity index (χ1) is 15.3. The molecule has 33 heavy (non-hydrogen) atoms. The van der Waals surface area contributed by atoms with Crippen molar-refractivity contribution in [3.05, 3.63) is 70.3 Å². The van der Waals surface area contributed by atoms with Crippen molar-refractivity contribution in [1.82, 2.24) is 0 Å². The fourth-order valence-electron chi connectivity index (χ4n) is 2.95. The molecule has 2 aromatic rings. The van der Waals surface area contributed by atoms with Crippen LogP contribution in [-0.2, 0) is 15.6 Å². The van der Waals surface area contributed by atoms with E-state index in [9.17, 15) is 39.5 Å². The Labute approximate surface area is 181 Å². The number of hydrogen-bond acceptors (Lipinski definition) is 3. The summed E-state index contributed by atoms with van der Waals surface area (Å²) in [4.78, 5) is 0. The Hall–Kier alpha value is -2.73. The van der Waals surface area contributed by atoms with Crippen LogP contribution in [0.2, 0.25) is 0 Å². The van der Waals surface area contributed by atoms with Gasteiger partial charge in [0.25, 0.3) is 0 Å². The highest BCUT2D eigenvalue weighted by atomic mass is 19.4. The lowest BCUT2D eigenvalue weighted by Gasteiger charge is -2.28. The third-order valence-electron chi connectivity index (χ3n) is 4.43. The lowest BCUT2D eigenvalue weighted by Crippen LogP contribution is -2.27. The summed E-state index contributed by atoms with van der Waals surface area (Å²) < 4.78 is 137. The van der Waals surface area contributed by atoms with Crippen molar-refractivity contribution in [3.8, 4) is 5.75 Å². The molecule has 12 heteroatoms. The van der Waals surface area contributed by atoms with Crippen LogP contribution in [0.4, 0.5) is 39.5 Å². The van der Waals surface area contributed by atoms with Gasteiger partial charge in [-0.25, -0.2) is 17.6 Å². The number of halogens is 9. The summed E-state index contributed by atoms with van der Waals surface area (Å²) in [5, 5.41) is 0. The molecule has 0 atom stereocenters. The quantitative estimate of drug-likeness (QED) is 0.445. The minimum Gasteiger partial charge on any atom is -0.429 e. The van der Waals surface area contributed by atoms with Crippen LogP contribution in [0.25, 0.3) is 6.08 Å². The van der Waals surface area contributed by atoms with Gasteiger partial charge < -0.3 is 14.2 Å². The summed E-state index contributed by atoms with van der Waals surface area (Å²) in [7, 11) is 0. The summed E-state index contributed by atoms with van der Waals surface area (Å²) in [6.07, 6.45) is -11.2. The molecule has 0 unspecified atom stereocenters. The van der Waals surface area contributed by atoms with Gasteiger partial charge in [-0.15, -0.1) is 0 Å². The topological polar surface area (TPSA) is 27.7 Å². The molecule has 0 saturated carbocycles. The Morgan fingerprint density at radius 3 is 1.85 bits per heavy atom. The lowest BCUT2D eigenvalue weighted by molar-refractivity contribution is -0.203. The van der Waals surface area contributed by atoms with Crippen molar-refractivity contribution in [2.24, 2.45) is 5.92 Å². The molecular weight excluding hydrogens is 471 g/mol. The fraction of sp³-hybridized carbons (Fsp3) is 0.333. The zero-order chi connectivity index (χ0) is 24.6. The van der Waals surface area contributed by atoms with E-state index in [4.69, 9.17) is 9.47 Å². The molecule has 0 spiro atoms. The van der Waals surface area contributed by atoms with E-state index in [2.05, 4.69) is 4.74 Å². The highest BCUT2D eigenvalue weighted by Gasteiger charge is 2.42. The molecule has 0 amide bonds. The predicted molar refractivity (Wildman–Crippen MR) is 96.1 cm³/mol. The van der Waals surface area contributed by atoms with Crippen molar-refractivity contribution in [1.29, 1.82) is 0 Å². The Bertz CT molecular complexity index is 996. The average molecular weight is 486 g/mol. The minimum atomic E-state index is -4.88. The van der Waals surface area contributed by atoms with Gasteiger partial charge in [0.2, 0.25) is 0 Å². The molecule has 3 nitrogen and oxygen atoms in total. The van der Waals surface area contributed by atoms with E-state index in [1.165, 1.54) is 0 Å². The van der Waals surface area contributed by atoms with Crippen LogP contribution in [0.3, 0.4) is 0 Å². The summed E-state index contributed by atoms with van der Waals surface area (Å²) in [5.41, 5.74) is -3.24. The van der Waals surface area contributed by atoms with E-state index in [1.807, 2.05) is 0 Å². The second-order valence-corrected chi connectivity index (χ2v) is 7.26. The summed E-state index contributed by atoms with van der Waals surface area (Å²) >= 11 is 0. The van der Waals surface area contributed by atoms with Crippen LogP contribution in [0.5, 0.6) is 5.75 Å². The molecule has 0 N–H and O–H groups in total. The van der Waals surface area contributed by atoms with E-state index in [0.717, 1.165) is 0 Å². The van der Waals surface area contributed by atoms with Gasteiger partial charge in [-0.3, -0.25) is 0 Å². The number of rotatable bonds is 5. The Morgan fingerprint density at radius 1 is 0.848 bits per heavy atom. The number of ether oxygens (including phenoxy) is 3. The largest absolute Gasteiger partial charge is 0.432 e.